The van der Waals surface area contributed by atoms with Crippen LogP contribution in [0.4, 0.5) is 0 Å². The average Bonchev–Trinajstić information content (AvgIpc) is 3.01. The van der Waals surface area contributed by atoms with E-state index in [-0.39, 0.29) is 5.56 Å². The number of nitrogens with one attached hydrogen (secondary N) is 1. The van der Waals surface area contributed by atoms with E-state index in [1.807, 2.05) is 96.5 Å². The van der Waals surface area contributed by atoms with Crippen molar-refractivity contribution in [2.75, 3.05) is 0 Å². The fraction of sp³-hybridized carbons (Fsp3) is 0.0455. The molecule has 3 nitrogen and oxygen atoms in total. The minimum Gasteiger partial charge on any atom is -0.267 e. The maximum atomic E-state index is 12.8. The Morgan fingerprint density at radius 3 is 1.96 bits per heavy atom. The SMILES string of the molecule is Cc1ccc(-c2c(-c3ccccc3)n(-c3ccccc3)[nH]c2=O)cc1. The second-order valence-corrected chi connectivity index (χ2v) is 6.07. The molecule has 1 heterocycles. The monoisotopic (exact) mass is 326 g/mol. The van der Waals surface area contributed by atoms with Gasteiger partial charge in [-0.15, -0.1) is 0 Å². The predicted octanol–water partition coefficient (Wildman–Crippen LogP) is 4.81. The molecule has 122 valence electrons. The summed E-state index contributed by atoms with van der Waals surface area (Å²) >= 11 is 0. The van der Waals surface area contributed by atoms with Crippen molar-refractivity contribution in [3.8, 4) is 28.1 Å². The number of aryl methyl sites for hydroxylation is 1. The van der Waals surface area contributed by atoms with E-state index in [0.717, 1.165) is 22.5 Å². The van der Waals surface area contributed by atoms with Crippen LogP contribution in [0, 0.1) is 6.92 Å². The number of para-hydroxylation sites is 1. The normalized spacial score (nSPS) is 10.8. The highest BCUT2D eigenvalue weighted by molar-refractivity contribution is 5.81. The minimum absolute atomic E-state index is 0.0911. The van der Waals surface area contributed by atoms with E-state index in [1.54, 1.807) is 0 Å². The van der Waals surface area contributed by atoms with Crippen LogP contribution in [0.1, 0.15) is 5.56 Å². The molecule has 0 amide bonds. The molecule has 0 aliphatic rings. The Morgan fingerprint density at radius 2 is 1.32 bits per heavy atom. The first-order valence-electron chi connectivity index (χ1n) is 8.27. The fourth-order valence-corrected chi connectivity index (χ4v) is 3.06. The molecule has 0 bridgehead atoms. The summed E-state index contributed by atoms with van der Waals surface area (Å²) < 4.78 is 1.87. The van der Waals surface area contributed by atoms with Gasteiger partial charge in [0.2, 0.25) is 0 Å². The van der Waals surface area contributed by atoms with Crippen LogP contribution in [0.5, 0.6) is 0 Å². The van der Waals surface area contributed by atoms with Crippen molar-refractivity contribution in [1.29, 1.82) is 0 Å². The number of nitrogens with zero attached hydrogens (tertiary/aromatic N) is 1. The molecule has 0 radical (unpaired) electrons. The summed E-state index contributed by atoms with van der Waals surface area (Å²) in [5.74, 6) is 0. The fourth-order valence-electron chi connectivity index (χ4n) is 3.06. The Kier molecular flexibility index (Phi) is 3.82. The third-order valence-corrected chi connectivity index (χ3v) is 4.30. The third-order valence-electron chi connectivity index (χ3n) is 4.30. The predicted molar refractivity (Wildman–Crippen MR) is 102 cm³/mol. The average molecular weight is 326 g/mol. The maximum Gasteiger partial charge on any atom is 0.272 e. The van der Waals surface area contributed by atoms with E-state index in [2.05, 4.69) is 5.10 Å². The molecule has 0 atom stereocenters. The van der Waals surface area contributed by atoms with E-state index in [4.69, 9.17) is 0 Å². The lowest BCUT2D eigenvalue weighted by molar-refractivity contribution is 0.871. The van der Waals surface area contributed by atoms with Gasteiger partial charge in [-0.1, -0.05) is 78.4 Å². The highest BCUT2D eigenvalue weighted by Crippen LogP contribution is 2.31. The smallest absolute Gasteiger partial charge is 0.267 e. The van der Waals surface area contributed by atoms with E-state index < -0.39 is 0 Å². The number of hydrogen-bond donors (Lipinski definition) is 1. The number of rotatable bonds is 3. The van der Waals surface area contributed by atoms with Gasteiger partial charge in [0.15, 0.2) is 0 Å². The highest BCUT2D eigenvalue weighted by Gasteiger charge is 2.19. The van der Waals surface area contributed by atoms with Crippen LogP contribution >= 0.6 is 0 Å². The van der Waals surface area contributed by atoms with Gasteiger partial charge in [-0.25, -0.2) is 0 Å². The molecule has 3 heteroatoms. The van der Waals surface area contributed by atoms with Gasteiger partial charge in [0.1, 0.15) is 0 Å². The first-order chi connectivity index (χ1) is 12.2. The van der Waals surface area contributed by atoms with Gasteiger partial charge in [0.25, 0.3) is 5.56 Å². The van der Waals surface area contributed by atoms with E-state index >= 15 is 0 Å². The molecule has 25 heavy (non-hydrogen) atoms. The zero-order valence-corrected chi connectivity index (χ0v) is 13.9. The van der Waals surface area contributed by atoms with Crippen LogP contribution in [0.2, 0.25) is 0 Å². The van der Waals surface area contributed by atoms with Gasteiger partial charge in [-0.05, 0) is 24.6 Å². The number of hydrogen-bond acceptors (Lipinski definition) is 1. The second kappa shape index (κ2) is 6.29. The number of aromatic amines is 1. The Bertz CT molecular complexity index is 1040. The summed E-state index contributed by atoms with van der Waals surface area (Å²) in [5, 5.41) is 3.00. The number of aromatic nitrogens is 2. The van der Waals surface area contributed by atoms with Crippen molar-refractivity contribution in [1.82, 2.24) is 9.78 Å². The Labute approximate surface area is 146 Å². The molecule has 4 rings (SSSR count). The van der Waals surface area contributed by atoms with Crippen LogP contribution in [-0.4, -0.2) is 9.78 Å². The number of H-pyrrole nitrogens is 1. The zero-order chi connectivity index (χ0) is 17.2. The van der Waals surface area contributed by atoms with E-state index in [0.29, 0.717) is 5.56 Å². The molecule has 4 aromatic rings. The standard InChI is InChI=1S/C22H18N2O/c1-16-12-14-17(15-13-16)20-21(18-8-4-2-5-9-18)24(23-22(20)25)19-10-6-3-7-11-19/h2-15H,1H3,(H,23,25). The largest absolute Gasteiger partial charge is 0.272 e. The van der Waals surface area contributed by atoms with Crippen LogP contribution in [-0.2, 0) is 0 Å². The molecule has 0 unspecified atom stereocenters. The van der Waals surface area contributed by atoms with Gasteiger partial charge in [-0.3, -0.25) is 14.6 Å². The molecule has 0 spiro atoms. The van der Waals surface area contributed by atoms with Gasteiger partial charge in [0, 0.05) is 5.56 Å². The minimum atomic E-state index is -0.0911. The number of benzene rings is 3. The van der Waals surface area contributed by atoms with Crippen molar-refractivity contribution in [2.24, 2.45) is 0 Å². The Morgan fingerprint density at radius 1 is 0.720 bits per heavy atom. The van der Waals surface area contributed by atoms with Crippen LogP contribution in [0.25, 0.3) is 28.1 Å². The lowest BCUT2D eigenvalue weighted by Crippen LogP contribution is -2.05. The summed E-state index contributed by atoms with van der Waals surface area (Å²) in [5.41, 5.74) is 5.49. The van der Waals surface area contributed by atoms with E-state index in [1.165, 1.54) is 5.56 Å². The maximum absolute atomic E-state index is 12.8. The first-order valence-corrected chi connectivity index (χ1v) is 8.27. The molecule has 1 aromatic heterocycles. The summed E-state index contributed by atoms with van der Waals surface area (Å²) in [6, 6.07) is 27.9. The highest BCUT2D eigenvalue weighted by atomic mass is 16.1. The van der Waals surface area contributed by atoms with Crippen LogP contribution in [0.15, 0.2) is 89.7 Å². The van der Waals surface area contributed by atoms with Crippen LogP contribution in [0.3, 0.4) is 0 Å². The van der Waals surface area contributed by atoms with Crippen molar-refractivity contribution in [2.45, 2.75) is 6.92 Å². The van der Waals surface area contributed by atoms with Crippen molar-refractivity contribution in [3.05, 3.63) is 101 Å². The molecule has 0 saturated carbocycles. The Hall–Kier alpha value is -3.33. The third kappa shape index (κ3) is 2.81. The second-order valence-electron chi connectivity index (χ2n) is 6.07. The summed E-state index contributed by atoms with van der Waals surface area (Å²) in [6.45, 7) is 2.04. The quantitative estimate of drug-likeness (QED) is 0.576. The van der Waals surface area contributed by atoms with Gasteiger partial charge < -0.3 is 0 Å². The lowest BCUT2D eigenvalue weighted by Gasteiger charge is -2.11. The molecule has 0 aliphatic carbocycles. The van der Waals surface area contributed by atoms with Crippen molar-refractivity contribution >= 4 is 0 Å². The molecular weight excluding hydrogens is 308 g/mol. The van der Waals surface area contributed by atoms with Gasteiger partial charge in [-0.2, -0.15) is 0 Å². The van der Waals surface area contributed by atoms with E-state index in [9.17, 15) is 4.79 Å². The summed E-state index contributed by atoms with van der Waals surface area (Å²) in [4.78, 5) is 12.8. The topological polar surface area (TPSA) is 37.8 Å². The molecular formula is C22H18N2O. The summed E-state index contributed by atoms with van der Waals surface area (Å²) in [7, 11) is 0. The van der Waals surface area contributed by atoms with Gasteiger partial charge >= 0.3 is 0 Å². The van der Waals surface area contributed by atoms with Crippen LogP contribution < -0.4 is 5.56 Å². The van der Waals surface area contributed by atoms with Gasteiger partial charge in [0.05, 0.1) is 16.9 Å². The molecule has 0 saturated heterocycles. The zero-order valence-electron chi connectivity index (χ0n) is 13.9. The van der Waals surface area contributed by atoms with Crippen molar-refractivity contribution < 1.29 is 0 Å². The molecule has 0 aliphatic heterocycles. The Balaban J connectivity index is 2.03. The first kappa shape index (κ1) is 15.2. The van der Waals surface area contributed by atoms with Crippen molar-refractivity contribution in [3.63, 3.8) is 0 Å². The lowest BCUT2D eigenvalue weighted by atomic mass is 10.0. The molecule has 1 N–H and O–H groups in total. The molecule has 0 fully saturated rings. The summed E-state index contributed by atoms with van der Waals surface area (Å²) in [6.07, 6.45) is 0. The molecule has 3 aromatic carbocycles.